The van der Waals surface area contributed by atoms with E-state index in [1.165, 1.54) is 0 Å². The van der Waals surface area contributed by atoms with Gasteiger partial charge in [0.05, 0.1) is 13.2 Å². The Bertz CT molecular complexity index is 573. The zero-order valence-corrected chi connectivity index (χ0v) is 18.4. The molecule has 1 aromatic carbocycles. The van der Waals surface area contributed by atoms with E-state index in [9.17, 15) is 13.2 Å². The van der Waals surface area contributed by atoms with Gasteiger partial charge in [0.2, 0.25) is 0 Å². The number of hydrogen-bond acceptors (Lipinski definition) is 3. The highest BCUT2D eigenvalue weighted by Crippen LogP contribution is 2.17. The molecule has 1 N–H and O–H groups in total. The van der Waals surface area contributed by atoms with Crippen molar-refractivity contribution in [3.8, 4) is 0 Å². The third-order valence-electron chi connectivity index (χ3n) is 4.28. The minimum atomic E-state index is -4.27. The van der Waals surface area contributed by atoms with Crippen LogP contribution < -0.4 is 5.32 Å². The maximum atomic E-state index is 12.0. The van der Waals surface area contributed by atoms with E-state index < -0.39 is 12.8 Å². The monoisotopic (exact) mass is 515 g/mol. The van der Waals surface area contributed by atoms with Gasteiger partial charge in [0.25, 0.3) is 0 Å². The number of ether oxygens (including phenoxy) is 2. The van der Waals surface area contributed by atoms with Crippen LogP contribution in [0.3, 0.4) is 0 Å². The van der Waals surface area contributed by atoms with Gasteiger partial charge in [-0.15, -0.1) is 24.0 Å². The zero-order valence-electron chi connectivity index (χ0n) is 16.1. The third-order valence-corrected chi connectivity index (χ3v) is 4.28. The first-order valence-corrected chi connectivity index (χ1v) is 9.19. The smallest absolute Gasteiger partial charge is 0.376 e. The van der Waals surface area contributed by atoms with Crippen LogP contribution in [0.25, 0.3) is 0 Å². The molecule has 1 aliphatic heterocycles. The van der Waals surface area contributed by atoms with Crippen LogP contribution >= 0.6 is 24.0 Å². The molecule has 160 valence electrons. The molecule has 0 amide bonds. The minimum absolute atomic E-state index is 0. The Labute approximate surface area is 181 Å². The molecule has 1 fully saturated rings. The van der Waals surface area contributed by atoms with Crippen molar-refractivity contribution in [1.29, 1.82) is 0 Å². The van der Waals surface area contributed by atoms with Crippen LogP contribution in [0.1, 0.15) is 18.4 Å². The number of nitrogens with zero attached hydrogens (tertiary/aromatic N) is 2. The summed E-state index contributed by atoms with van der Waals surface area (Å²) in [6.07, 6.45) is -2.74. The maximum absolute atomic E-state index is 12.0. The molecule has 1 atom stereocenters. The lowest BCUT2D eigenvalue weighted by atomic mass is 10.1. The number of hydrogen-bond donors (Lipinski definition) is 1. The van der Waals surface area contributed by atoms with E-state index in [0.29, 0.717) is 32.1 Å². The Morgan fingerprint density at radius 1 is 1.25 bits per heavy atom. The van der Waals surface area contributed by atoms with E-state index in [1.54, 1.807) is 7.05 Å². The predicted molar refractivity (Wildman–Crippen MR) is 114 cm³/mol. The summed E-state index contributed by atoms with van der Waals surface area (Å²) in [6, 6.07) is 10.1. The molecular formula is C19H29F3IN3O2. The van der Waals surface area contributed by atoms with Crippen LogP contribution in [0.4, 0.5) is 13.2 Å². The Hall–Kier alpha value is -1.07. The molecule has 1 unspecified atom stereocenters. The normalized spacial score (nSPS) is 17.5. The van der Waals surface area contributed by atoms with Crippen LogP contribution in [-0.2, 0) is 16.1 Å². The first-order chi connectivity index (χ1) is 13.0. The highest BCUT2D eigenvalue weighted by molar-refractivity contribution is 14.0. The maximum Gasteiger partial charge on any atom is 0.411 e. The lowest BCUT2D eigenvalue weighted by Gasteiger charge is -2.21. The number of aliphatic imine (C=N–C) groups is 1. The number of rotatable bonds is 9. The van der Waals surface area contributed by atoms with E-state index in [1.807, 2.05) is 30.3 Å². The van der Waals surface area contributed by atoms with Gasteiger partial charge in [0.15, 0.2) is 5.96 Å². The van der Waals surface area contributed by atoms with Gasteiger partial charge in [0.1, 0.15) is 6.61 Å². The summed E-state index contributed by atoms with van der Waals surface area (Å²) < 4.78 is 46.4. The topological polar surface area (TPSA) is 46.1 Å². The first kappa shape index (κ1) is 25.0. The van der Waals surface area contributed by atoms with Gasteiger partial charge >= 0.3 is 6.18 Å². The van der Waals surface area contributed by atoms with Crippen molar-refractivity contribution in [2.45, 2.75) is 25.6 Å². The summed E-state index contributed by atoms with van der Waals surface area (Å²) in [5, 5.41) is 3.19. The molecule has 1 aromatic rings. The van der Waals surface area contributed by atoms with Crippen LogP contribution in [0.2, 0.25) is 0 Å². The molecule has 0 aliphatic carbocycles. The van der Waals surface area contributed by atoms with Crippen LogP contribution in [0, 0.1) is 5.92 Å². The van der Waals surface area contributed by atoms with Crippen molar-refractivity contribution in [2.24, 2.45) is 10.9 Å². The van der Waals surface area contributed by atoms with E-state index >= 15 is 0 Å². The lowest BCUT2D eigenvalue weighted by molar-refractivity contribution is -0.173. The fourth-order valence-electron chi connectivity index (χ4n) is 2.97. The second kappa shape index (κ2) is 13.2. The second-order valence-electron chi connectivity index (χ2n) is 6.60. The molecule has 0 saturated carbocycles. The molecule has 1 aliphatic rings. The van der Waals surface area contributed by atoms with E-state index in [2.05, 4.69) is 19.9 Å². The van der Waals surface area contributed by atoms with Crippen LogP contribution in [0.5, 0.6) is 0 Å². The molecule has 2 rings (SSSR count). The van der Waals surface area contributed by atoms with Crippen molar-refractivity contribution >= 4 is 29.9 Å². The van der Waals surface area contributed by atoms with Gasteiger partial charge in [0, 0.05) is 39.2 Å². The average molecular weight is 515 g/mol. The summed E-state index contributed by atoms with van der Waals surface area (Å²) in [7, 11) is 1.71. The molecular weight excluding hydrogens is 486 g/mol. The highest BCUT2D eigenvalue weighted by atomic mass is 127. The number of guanidine groups is 1. The Morgan fingerprint density at radius 2 is 2.00 bits per heavy atom. The van der Waals surface area contributed by atoms with Crippen molar-refractivity contribution < 1.29 is 22.6 Å². The fourth-order valence-corrected chi connectivity index (χ4v) is 2.97. The SMILES string of the molecule is CN=C(NCCCOCC(F)(F)F)N1CCC(COCc2ccccc2)C1.I. The van der Waals surface area contributed by atoms with Crippen LogP contribution in [0.15, 0.2) is 35.3 Å². The Kier molecular flexibility index (Phi) is 11.8. The van der Waals surface area contributed by atoms with Gasteiger partial charge < -0.3 is 19.7 Å². The summed E-state index contributed by atoms with van der Waals surface area (Å²) in [5.74, 6) is 1.22. The molecule has 0 spiro atoms. The lowest BCUT2D eigenvalue weighted by Crippen LogP contribution is -2.40. The summed E-state index contributed by atoms with van der Waals surface area (Å²) in [4.78, 5) is 6.42. The van der Waals surface area contributed by atoms with Crippen molar-refractivity contribution in [1.82, 2.24) is 10.2 Å². The molecule has 5 nitrogen and oxygen atoms in total. The molecule has 9 heteroatoms. The van der Waals surface area contributed by atoms with Crippen molar-refractivity contribution in [3.63, 3.8) is 0 Å². The second-order valence-corrected chi connectivity index (χ2v) is 6.60. The average Bonchev–Trinajstić information content (AvgIpc) is 3.10. The quantitative estimate of drug-likeness (QED) is 0.236. The number of halogens is 4. The Balaban J connectivity index is 0.00000392. The first-order valence-electron chi connectivity index (χ1n) is 9.19. The predicted octanol–water partition coefficient (Wildman–Crippen LogP) is 3.69. The molecule has 0 aromatic heterocycles. The van der Waals surface area contributed by atoms with E-state index in [4.69, 9.17) is 4.74 Å². The summed E-state index contributed by atoms with van der Waals surface area (Å²) in [6.45, 7) is 2.47. The van der Waals surface area contributed by atoms with Gasteiger partial charge in [-0.3, -0.25) is 4.99 Å². The van der Waals surface area contributed by atoms with Gasteiger partial charge in [-0.2, -0.15) is 13.2 Å². The summed E-state index contributed by atoms with van der Waals surface area (Å²) >= 11 is 0. The molecule has 1 saturated heterocycles. The molecule has 0 bridgehead atoms. The van der Waals surface area contributed by atoms with Gasteiger partial charge in [-0.25, -0.2) is 0 Å². The Morgan fingerprint density at radius 3 is 2.68 bits per heavy atom. The molecule has 1 heterocycles. The van der Waals surface area contributed by atoms with Gasteiger partial charge in [-0.05, 0) is 18.4 Å². The molecule has 0 radical (unpaired) electrons. The van der Waals surface area contributed by atoms with E-state index in [-0.39, 0.29) is 30.6 Å². The fraction of sp³-hybridized carbons (Fsp3) is 0.632. The number of likely N-dealkylation sites (tertiary alicyclic amines) is 1. The third kappa shape index (κ3) is 9.92. The van der Waals surface area contributed by atoms with Crippen LogP contribution in [-0.4, -0.2) is 63.5 Å². The van der Waals surface area contributed by atoms with Gasteiger partial charge in [-0.1, -0.05) is 30.3 Å². The molecule has 28 heavy (non-hydrogen) atoms. The van der Waals surface area contributed by atoms with Crippen molar-refractivity contribution in [2.75, 3.05) is 46.5 Å². The number of alkyl halides is 3. The summed E-state index contributed by atoms with van der Waals surface area (Å²) in [5.41, 5.74) is 1.16. The zero-order chi connectivity index (χ0) is 19.5. The number of benzene rings is 1. The highest BCUT2D eigenvalue weighted by Gasteiger charge is 2.27. The standard InChI is InChI=1S/C19H28F3N3O2.HI/c1-23-18(24-9-5-11-26-15-19(20,21)22)25-10-8-17(12-25)14-27-13-16-6-3-2-4-7-16;/h2-4,6-7,17H,5,8-15H2,1H3,(H,23,24);1H. The van der Waals surface area contributed by atoms with E-state index in [0.717, 1.165) is 31.0 Å². The largest absolute Gasteiger partial charge is 0.411 e. The van der Waals surface area contributed by atoms with Crippen molar-refractivity contribution in [3.05, 3.63) is 35.9 Å². The minimum Gasteiger partial charge on any atom is -0.376 e. The number of nitrogens with one attached hydrogen (secondary N) is 1.